The summed E-state index contributed by atoms with van der Waals surface area (Å²) in [5.41, 5.74) is 0.705. The van der Waals surface area contributed by atoms with Crippen LogP contribution in [0.3, 0.4) is 0 Å². The van der Waals surface area contributed by atoms with Crippen LogP contribution in [0.2, 0.25) is 0 Å². The minimum absolute atomic E-state index is 0.0143. The van der Waals surface area contributed by atoms with Gasteiger partial charge in [-0.25, -0.2) is 9.89 Å². The summed E-state index contributed by atoms with van der Waals surface area (Å²) in [7, 11) is 0. The molecule has 2 aromatic rings. The first-order valence-electron chi connectivity index (χ1n) is 7.96. The fraction of sp³-hybridized carbons (Fsp3) is 0.438. The number of amides is 1. The highest BCUT2D eigenvalue weighted by atomic mass is 16.2. The van der Waals surface area contributed by atoms with Crippen molar-refractivity contribution < 1.29 is 4.79 Å². The number of likely N-dealkylation sites (tertiary alicyclic amines) is 1. The van der Waals surface area contributed by atoms with Crippen molar-refractivity contribution in [3.8, 4) is 0 Å². The third-order valence-corrected chi connectivity index (χ3v) is 4.19. The number of carbonyl (C=O) groups excluding carboxylic acids is 1. The highest BCUT2D eigenvalue weighted by Crippen LogP contribution is 2.24. The predicted molar refractivity (Wildman–Crippen MR) is 86.1 cm³/mol. The van der Waals surface area contributed by atoms with E-state index in [1.807, 2.05) is 18.2 Å². The fourth-order valence-electron chi connectivity index (χ4n) is 3.01. The van der Waals surface area contributed by atoms with E-state index < -0.39 is 5.69 Å². The van der Waals surface area contributed by atoms with Crippen LogP contribution in [0.4, 0.5) is 0 Å². The van der Waals surface area contributed by atoms with Gasteiger partial charge >= 0.3 is 5.69 Å². The summed E-state index contributed by atoms with van der Waals surface area (Å²) in [6, 6.07) is 10.3. The highest BCUT2D eigenvalue weighted by Gasteiger charge is 2.23. The van der Waals surface area contributed by atoms with Crippen LogP contribution in [0, 0.1) is 0 Å². The molecule has 7 heteroatoms. The lowest BCUT2D eigenvalue weighted by molar-refractivity contribution is 0.0914. The Hall–Kier alpha value is -2.41. The lowest BCUT2D eigenvalue weighted by Gasteiger charge is -2.35. The summed E-state index contributed by atoms with van der Waals surface area (Å²) < 4.78 is 0. The number of carbonyl (C=O) groups is 1. The first-order chi connectivity index (χ1) is 11.2. The molecular weight excluding hydrogens is 294 g/mol. The van der Waals surface area contributed by atoms with Gasteiger partial charge in [0.1, 0.15) is 0 Å². The second-order valence-electron chi connectivity index (χ2n) is 5.76. The first kappa shape index (κ1) is 15.5. The van der Waals surface area contributed by atoms with Crippen LogP contribution in [0.15, 0.2) is 35.1 Å². The molecule has 0 aliphatic carbocycles. The maximum absolute atomic E-state index is 12.1. The number of aromatic nitrogens is 3. The zero-order valence-corrected chi connectivity index (χ0v) is 12.9. The fourth-order valence-corrected chi connectivity index (χ4v) is 3.01. The van der Waals surface area contributed by atoms with E-state index in [0.29, 0.717) is 6.54 Å². The average molecular weight is 315 g/mol. The number of rotatable bonds is 5. The lowest BCUT2D eigenvalue weighted by atomic mass is 10.0. The van der Waals surface area contributed by atoms with Gasteiger partial charge in [0.15, 0.2) is 0 Å². The molecule has 1 amide bonds. The topological polar surface area (TPSA) is 93.9 Å². The van der Waals surface area contributed by atoms with Crippen LogP contribution >= 0.6 is 0 Å². The van der Waals surface area contributed by atoms with Crippen molar-refractivity contribution in [2.24, 2.45) is 0 Å². The standard InChI is InChI=1S/C16H21N5O2/c22-15(14-18-16(23)20-19-14)17-11-13(12-7-3-1-4-8-12)21-9-5-2-6-10-21/h1,3-4,7-8,13H,2,5-6,9-11H2,(H,17,22)(H2,18,19,20,23). The van der Waals surface area contributed by atoms with Crippen molar-refractivity contribution in [2.75, 3.05) is 19.6 Å². The highest BCUT2D eigenvalue weighted by molar-refractivity contribution is 5.90. The van der Waals surface area contributed by atoms with Gasteiger partial charge in [-0.15, -0.1) is 5.10 Å². The molecule has 1 fully saturated rings. The molecular formula is C16H21N5O2. The van der Waals surface area contributed by atoms with Crippen molar-refractivity contribution in [2.45, 2.75) is 25.3 Å². The average Bonchev–Trinajstić information content (AvgIpc) is 3.03. The molecule has 1 aromatic heterocycles. The Bertz CT molecular complexity index is 688. The molecule has 1 aliphatic rings. The zero-order chi connectivity index (χ0) is 16.1. The van der Waals surface area contributed by atoms with Gasteiger partial charge in [-0.1, -0.05) is 36.8 Å². The molecule has 1 aliphatic heterocycles. The SMILES string of the molecule is O=C(NCC(c1ccccc1)N1CCCCC1)c1n[nH]c(=O)[nH]1. The minimum Gasteiger partial charge on any atom is -0.347 e. The van der Waals surface area contributed by atoms with Gasteiger partial charge in [-0.2, -0.15) is 0 Å². The molecule has 3 rings (SSSR count). The molecule has 2 heterocycles. The second kappa shape index (κ2) is 7.23. The maximum Gasteiger partial charge on any atom is 0.341 e. The zero-order valence-electron chi connectivity index (χ0n) is 12.9. The van der Waals surface area contributed by atoms with Gasteiger partial charge in [0.2, 0.25) is 5.82 Å². The van der Waals surface area contributed by atoms with Crippen LogP contribution in [-0.2, 0) is 0 Å². The lowest BCUT2D eigenvalue weighted by Crippen LogP contribution is -2.40. The van der Waals surface area contributed by atoms with Gasteiger partial charge in [-0.05, 0) is 31.5 Å². The van der Waals surface area contributed by atoms with E-state index in [-0.39, 0.29) is 17.8 Å². The van der Waals surface area contributed by atoms with E-state index >= 15 is 0 Å². The van der Waals surface area contributed by atoms with E-state index in [1.165, 1.54) is 24.8 Å². The second-order valence-corrected chi connectivity index (χ2v) is 5.76. The predicted octanol–water partition coefficient (Wildman–Crippen LogP) is 1.05. The van der Waals surface area contributed by atoms with Crippen LogP contribution in [0.1, 0.15) is 41.5 Å². The van der Waals surface area contributed by atoms with Gasteiger partial charge < -0.3 is 5.32 Å². The molecule has 122 valence electrons. The number of nitrogens with zero attached hydrogens (tertiary/aromatic N) is 2. The van der Waals surface area contributed by atoms with E-state index in [9.17, 15) is 9.59 Å². The molecule has 1 saturated heterocycles. The number of hydrogen-bond acceptors (Lipinski definition) is 4. The minimum atomic E-state index is -0.481. The number of H-pyrrole nitrogens is 2. The molecule has 7 nitrogen and oxygen atoms in total. The molecule has 1 unspecified atom stereocenters. The molecule has 0 spiro atoms. The van der Waals surface area contributed by atoms with Crippen molar-refractivity contribution >= 4 is 5.91 Å². The van der Waals surface area contributed by atoms with Crippen LogP contribution < -0.4 is 11.0 Å². The number of piperidine rings is 1. The molecule has 23 heavy (non-hydrogen) atoms. The largest absolute Gasteiger partial charge is 0.347 e. The quantitative estimate of drug-likeness (QED) is 0.769. The Balaban J connectivity index is 1.70. The van der Waals surface area contributed by atoms with Gasteiger partial charge in [-0.3, -0.25) is 14.7 Å². The monoisotopic (exact) mass is 315 g/mol. The summed E-state index contributed by atoms with van der Waals surface area (Å²) in [5.74, 6) is -0.359. The van der Waals surface area contributed by atoms with Gasteiger partial charge in [0.05, 0.1) is 6.04 Å². The third kappa shape index (κ3) is 3.87. The summed E-state index contributed by atoms with van der Waals surface area (Å²) in [4.78, 5) is 27.9. The first-order valence-corrected chi connectivity index (χ1v) is 7.96. The summed E-state index contributed by atoms with van der Waals surface area (Å²) in [6.45, 7) is 2.56. The molecule has 1 atom stereocenters. The summed E-state index contributed by atoms with van der Waals surface area (Å²) in [6.07, 6.45) is 3.63. The van der Waals surface area contributed by atoms with Crippen molar-refractivity contribution in [1.29, 1.82) is 0 Å². The summed E-state index contributed by atoms with van der Waals surface area (Å²) >= 11 is 0. The van der Waals surface area contributed by atoms with Gasteiger partial charge in [0.25, 0.3) is 5.91 Å². The molecule has 1 aromatic carbocycles. The third-order valence-electron chi connectivity index (χ3n) is 4.19. The number of nitrogens with one attached hydrogen (secondary N) is 3. The van der Waals surface area contributed by atoms with Crippen molar-refractivity contribution in [1.82, 2.24) is 25.4 Å². The van der Waals surface area contributed by atoms with E-state index in [1.54, 1.807) is 0 Å². The van der Waals surface area contributed by atoms with Crippen molar-refractivity contribution in [3.05, 3.63) is 52.2 Å². The van der Waals surface area contributed by atoms with Crippen molar-refractivity contribution in [3.63, 3.8) is 0 Å². The molecule has 3 N–H and O–H groups in total. The number of hydrogen-bond donors (Lipinski definition) is 3. The Morgan fingerprint density at radius 1 is 1.22 bits per heavy atom. The molecule has 0 radical (unpaired) electrons. The Kier molecular flexibility index (Phi) is 4.87. The molecule has 0 bridgehead atoms. The maximum atomic E-state index is 12.1. The molecule has 0 saturated carbocycles. The smallest absolute Gasteiger partial charge is 0.341 e. The Morgan fingerprint density at radius 3 is 2.61 bits per heavy atom. The Labute approximate surface area is 134 Å². The van der Waals surface area contributed by atoms with Crippen LogP contribution in [-0.4, -0.2) is 45.6 Å². The van der Waals surface area contributed by atoms with Gasteiger partial charge in [0, 0.05) is 6.54 Å². The van der Waals surface area contributed by atoms with Crippen LogP contribution in [0.25, 0.3) is 0 Å². The van der Waals surface area contributed by atoms with E-state index in [0.717, 1.165) is 13.1 Å². The Morgan fingerprint density at radius 2 is 1.96 bits per heavy atom. The van der Waals surface area contributed by atoms with E-state index in [2.05, 4.69) is 37.5 Å². The summed E-state index contributed by atoms with van der Waals surface area (Å²) in [5, 5.41) is 8.73. The van der Waals surface area contributed by atoms with Crippen LogP contribution in [0.5, 0.6) is 0 Å². The van der Waals surface area contributed by atoms with E-state index in [4.69, 9.17) is 0 Å². The normalized spacial score (nSPS) is 16.9. The number of benzene rings is 1. The number of aromatic amines is 2.